The van der Waals surface area contributed by atoms with E-state index in [2.05, 4.69) is 5.32 Å². The molecule has 1 saturated heterocycles. The molecule has 0 spiro atoms. The molecular formula is C20H30N2O4. The molecule has 1 N–H and O–H groups in total. The summed E-state index contributed by atoms with van der Waals surface area (Å²) in [4.78, 5) is 26.8. The second-order valence-electron chi connectivity index (χ2n) is 6.83. The minimum Gasteiger partial charge on any atom is -0.493 e. The van der Waals surface area contributed by atoms with Crippen molar-refractivity contribution in [2.24, 2.45) is 5.92 Å². The Labute approximate surface area is 155 Å². The number of hydrogen-bond donors (Lipinski definition) is 1. The highest BCUT2D eigenvalue weighted by Gasteiger charge is 2.32. The van der Waals surface area contributed by atoms with Gasteiger partial charge in [-0.25, -0.2) is 0 Å². The zero-order valence-electron chi connectivity index (χ0n) is 16.2. The number of nitrogens with zero attached hydrogens (tertiary/aromatic N) is 1. The maximum absolute atomic E-state index is 12.7. The number of rotatable bonds is 7. The van der Waals surface area contributed by atoms with Gasteiger partial charge >= 0.3 is 0 Å². The number of benzene rings is 1. The Morgan fingerprint density at radius 3 is 2.69 bits per heavy atom. The second-order valence-corrected chi connectivity index (χ2v) is 6.83. The Morgan fingerprint density at radius 2 is 2.04 bits per heavy atom. The number of carbonyl (C=O) groups excluding carboxylic acids is 2. The highest BCUT2D eigenvalue weighted by molar-refractivity contribution is 5.88. The number of nitrogens with one attached hydrogen (secondary N) is 1. The third kappa shape index (κ3) is 4.90. The van der Waals surface area contributed by atoms with Gasteiger partial charge in [-0.2, -0.15) is 0 Å². The van der Waals surface area contributed by atoms with E-state index in [1.54, 1.807) is 12.0 Å². The predicted octanol–water partition coefficient (Wildman–Crippen LogP) is 2.75. The number of carbonyl (C=O) groups is 2. The number of amides is 2. The third-order valence-electron chi connectivity index (χ3n) is 4.58. The van der Waals surface area contributed by atoms with Crippen LogP contribution >= 0.6 is 0 Å². The molecular weight excluding hydrogens is 332 g/mol. The molecule has 2 rings (SSSR count). The van der Waals surface area contributed by atoms with Gasteiger partial charge in [0.05, 0.1) is 13.7 Å². The van der Waals surface area contributed by atoms with Gasteiger partial charge in [-0.3, -0.25) is 9.59 Å². The molecule has 1 aromatic rings. The van der Waals surface area contributed by atoms with Gasteiger partial charge in [0.15, 0.2) is 11.5 Å². The van der Waals surface area contributed by atoms with E-state index in [1.807, 2.05) is 39.0 Å². The predicted molar refractivity (Wildman–Crippen MR) is 100 cm³/mol. The Kier molecular flexibility index (Phi) is 7.30. The van der Waals surface area contributed by atoms with E-state index in [-0.39, 0.29) is 23.8 Å². The van der Waals surface area contributed by atoms with E-state index in [0.717, 1.165) is 24.8 Å². The van der Waals surface area contributed by atoms with Crippen molar-refractivity contribution >= 4 is 11.8 Å². The van der Waals surface area contributed by atoms with Gasteiger partial charge in [0, 0.05) is 19.0 Å². The molecule has 0 saturated carbocycles. The first kappa shape index (κ1) is 20.1. The standard InChI is InChI=1S/C20H30N2O4/c1-5-26-17-10-9-15(12-18(17)25-4)13-21-19(23)16-8-6-7-11-22(16)20(24)14(2)3/h9-10,12,14,16H,5-8,11,13H2,1-4H3,(H,21,23). The molecule has 0 radical (unpaired) electrons. The van der Waals surface area contributed by atoms with Crippen LogP contribution in [0.3, 0.4) is 0 Å². The maximum atomic E-state index is 12.7. The number of methoxy groups -OCH3 is 1. The second kappa shape index (κ2) is 9.46. The van der Waals surface area contributed by atoms with Crippen LogP contribution in [0, 0.1) is 5.92 Å². The van der Waals surface area contributed by atoms with Crippen LogP contribution in [0.5, 0.6) is 11.5 Å². The first-order valence-corrected chi connectivity index (χ1v) is 9.35. The van der Waals surface area contributed by atoms with Crippen molar-refractivity contribution in [1.29, 1.82) is 0 Å². The SMILES string of the molecule is CCOc1ccc(CNC(=O)C2CCCCN2C(=O)C(C)C)cc1OC. The molecule has 144 valence electrons. The Hall–Kier alpha value is -2.24. The van der Waals surface area contributed by atoms with Crippen LogP contribution in [-0.2, 0) is 16.1 Å². The summed E-state index contributed by atoms with van der Waals surface area (Å²) in [5, 5.41) is 2.97. The largest absolute Gasteiger partial charge is 0.493 e. The van der Waals surface area contributed by atoms with Crippen molar-refractivity contribution in [1.82, 2.24) is 10.2 Å². The lowest BCUT2D eigenvalue weighted by molar-refractivity contribution is -0.144. The van der Waals surface area contributed by atoms with E-state index < -0.39 is 0 Å². The van der Waals surface area contributed by atoms with Crippen molar-refractivity contribution < 1.29 is 19.1 Å². The average Bonchev–Trinajstić information content (AvgIpc) is 2.66. The molecule has 6 heteroatoms. The van der Waals surface area contributed by atoms with Gasteiger partial charge in [0.2, 0.25) is 11.8 Å². The fourth-order valence-corrected chi connectivity index (χ4v) is 3.20. The van der Waals surface area contributed by atoms with Gasteiger partial charge in [-0.1, -0.05) is 19.9 Å². The van der Waals surface area contributed by atoms with E-state index in [4.69, 9.17) is 9.47 Å². The number of piperidine rings is 1. The lowest BCUT2D eigenvalue weighted by Crippen LogP contribution is -2.52. The molecule has 1 aromatic carbocycles. The lowest BCUT2D eigenvalue weighted by atomic mass is 9.99. The number of likely N-dealkylation sites (tertiary alicyclic amines) is 1. The van der Waals surface area contributed by atoms with Gasteiger partial charge in [0.25, 0.3) is 0 Å². The smallest absolute Gasteiger partial charge is 0.243 e. The van der Waals surface area contributed by atoms with Crippen molar-refractivity contribution in [2.45, 2.75) is 52.6 Å². The fraction of sp³-hybridized carbons (Fsp3) is 0.600. The molecule has 0 bridgehead atoms. The third-order valence-corrected chi connectivity index (χ3v) is 4.58. The molecule has 1 aliphatic rings. The van der Waals surface area contributed by atoms with E-state index >= 15 is 0 Å². The molecule has 2 amide bonds. The summed E-state index contributed by atoms with van der Waals surface area (Å²) < 4.78 is 10.9. The van der Waals surface area contributed by atoms with Gasteiger partial charge in [-0.05, 0) is 43.9 Å². The minimum absolute atomic E-state index is 0.0487. The Bertz CT molecular complexity index is 630. The zero-order valence-corrected chi connectivity index (χ0v) is 16.2. The van der Waals surface area contributed by atoms with Crippen molar-refractivity contribution in [2.75, 3.05) is 20.3 Å². The summed E-state index contributed by atoms with van der Waals surface area (Å²) in [5.74, 6) is 1.19. The van der Waals surface area contributed by atoms with Crippen molar-refractivity contribution in [3.63, 3.8) is 0 Å². The normalized spacial score (nSPS) is 17.1. The molecule has 6 nitrogen and oxygen atoms in total. The summed E-state index contributed by atoms with van der Waals surface area (Å²) in [6, 6.07) is 5.25. The van der Waals surface area contributed by atoms with Crippen LogP contribution in [0.1, 0.15) is 45.6 Å². The molecule has 1 unspecified atom stereocenters. The van der Waals surface area contributed by atoms with Crippen LogP contribution in [0.2, 0.25) is 0 Å². The summed E-state index contributed by atoms with van der Waals surface area (Å²) in [6.45, 7) is 7.28. The van der Waals surface area contributed by atoms with Gasteiger partial charge in [-0.15, -0.1) is 0 Å². The first-order chi connectivity index (χ1) is 12.5. The van der Waals surface area contributed by atoms with Crippen LogP contribution < -0.4 is 14.8 Å². The van der Waals surface area contributed by atoms with E-state index in [1.165, 1.54) is 0 Å². The molecule has 26 heavy (non-hydrogen) atoms. The molecule has 1 fully saturated rings. The van der Waals surface area contributed by atoms with E-state index in [0.29, 0.717) is 31.2 Å². The quantitative estimate of drug-likeness (QED) is 0.810. The van der Waals surface area contributed by atoms with Gasteiger partial charge in [0.1, 0.15) is 6.04 Å². The first-order valence-electron chi connectivity index (χ1n) is 9.35. The lowest BCUT2D eigenvalue weighted by Gasteiger charge is -2.35. The molecule has 1 heterocycles. The average molecular weight is 362 g/mol. The van der Waals surface area contributed by atoms with Crippen LogP contribution in [-0.4, -0.2) is 43.0 Å². The number of hydrogen-bond acceptors (Lipinski definition) is 4. The Balaban J connectivity index is 2.01. The highest BCUT2D eigenvalue weighted by Crippen LogP contribution is 2.28. The summed E-state index contributed by atoms with van der Waals surface area (Å²) >= 11 is 0. The van der Waals surface area contributed by atoms with Crippen molar-refractivity contribution in [3.8, 4) is 11.5 Å². The van der Waals surface area contributed by atoms with Crippen molar-refractivity contribution in [3.05, 3.63) is 23.8 Å². The van der Waals surface area contributed by atoms with Crippen LogP contribution in [0.4, 0.5) is 0 Å². The zero-order chi connectivity index (χ0) is 19.1. The summed E-state index contributed by atoms with van der Waals surface area (Å²) in [6.07, 6.45) is 2.64. The van der Waals surface area contributed by atoms with E-state index in [9.17, 15) is 9.59 Å². The molecule has 0 aliphatic carbocycles. The number of ether oxygens (including phenoxy) is 2. The van der Waals surface area contributed by atoms with Crippen LogP contribution in [0.25, 0.3) is 0 Å². The molecule has 1 atom stereocenters. The summed E-state index contributed by atoms with van der Waals surface area (Å²) in [7, 11) is 1.59. The summed E-state index contributed by atoms with van der Waals surface area (Å²) in [5.41, 5.74) is 0.927. The highest BCUT2D eigenvalue weighted by atomic mass is 16.5. The minimum atomic E-state index is -0.372. The Morgan fingerprint density at radius 1 is 1.27 bits per heavy atom. The fourth-order valence-electron chi connectivity index (χ4n) is 3.20. The topological polar surface area (TPSA) is 67.9 Å². The monoisotopic (exact) mass is 362 g/mol. The van der Waals surface area contributed by atoms with Crippen LogP contribution in [0.15, 0.2) is 18.2 Å². The maximum Gasteiger partial charge on any atom is 0.243 e. The van der Waals surface area contributed by atoms with Gasteiger partial charge < -0.3 is 19.7 Å². The molecule has 1 aliphatic heterocycles. The molecule has 0 aromatic heterocycles.